The number of halogens is 1. The highest BCUT2D eigenvalue weighted by Gasteiger charge is 2.31. The zero-order valence-corrected chi connectivity index (χ0v) is 24.3. The van der Waals surface area contributed by atoms with Crippen molar-refractivity contribution in [1.82, 2.24) is 10.6 Å². The number of hydrogen-bond acceptors (Lipinski definition) is 6. The normalized spacial score (nSPS) is 16.9. The van der Waals surface area contributed by atoms with Crippen molar-refractivity contribution >= 4 is 27.3 Å². The molecule has 0 radical (unpaired) electrons. The van der Waals surface area contributed by atoms with Crippen LogP contribution >= 0.6 is 0 Å². The van der Waals surface area contributed by atoms with Crippen LogP contribution in [0.25, 0.3) is 0 Å². The molecule has 1 aliphatic rings. The molecule has 0 bridgehead atoms. The van der Waals surface area contributed by atoms with Gasteiger partial charge in [-0.2, -0.15) is 0 Å². The maximum absolute atomic E-state index is 15.8. The summed E-state index contributed by atoms with van der Waals surface area (Å²) in [6, 6.07) is 11.6. The first-order valence-corrected chi connectivity index (χ1v) is 15.3. The standard InChI is InChI=1S/C29H43FN4O4S/c1-5-32-22-18-23(27(30)25(19-22)34-15-9-10-16-39(34,37)38)28(36)33-24(17-21-11-7-6-8-12-21)26(35)20-31-14-13-29(2,3)4/h6-8,11-12,18-19,24,26,31-32,35H,5,9-10,13-17,20H2,1-4H3,(H,33,36)/t24-,26+/m0/s1. The first-order chi connectivity index (χ1) is 18.4. The summed E-state index contributed by atoms with van der Waals surface area (Å²) in [4.78, 5) is 13.5. The molecule has 1 aliphatic heterocycles. The van der Waals surface area contributed by atoms with Crippen molar-refractivity contribution in [3.05, 3.63) is 59.4 Å². The molecule has 1 heterocycles. The first kappa shape index (κ1) is 30.8. The maximum atomic E-state index is 15.8. The van der Waals surface area contributed by atoms with Gasteiger partial charge in [-0.3, -0.25) is 9.10 Å². The largest absolute Gasteiger partial charge is 0.390 e. The van der Waals surface area contributed by atoms with Gasteiger partial charge < -0.3 is 21.1 Å². The van der Waals surface area contributed by atoms with E-state index in [9.17, 15) is 18.3 Å². The number of rotatable bonds is 12. The molecule has 8 nitrogen and oxygen atoms in total. The number of hydrogen-bond donors (Lipinski definition) is 4. The fourth-order valence-electron chi connectivity index (χ4n) is 4.57. The van der Waals surface area contributed by atoms with E-state index >= 15 is 4.39 Å². The molecule has 2 atom stereocenters. The van der Waals surface area contributed by atoms with Crippen molar-refractivity contribution in [2.75, 3.05) is 41.6 Å². The van der Waals surface area contributed by atoms with Crippen LogP contribution in [0.1, 0.15) is 62.9 Å². The van der Waals surface area contributed by atoms with E-state index in [0.717, 1.165) is 16.3 Å². The van der Waals surface area contributed by atoms with E-state index in [4.69, 9.17) is 0 Å². The number of aliphatic hydroxyl groups is 1. The lowest BCUT2D eigenvalue weighted by Crippen LogP contribution is -2.49. The number of carbonyl (C=O) groups is 1. The van der Waals surface area contributed by atoms with E-state index in [1.54, 1.807) is 0 Å². The number of aliphatic hydroxyl groups excluding tert-OH is 1. The molecule has 4 N–H and O–H groups in total. The number of anilines is 2. The molecule has 0 aromatic heterocycles. The molecular weight excluding hydrogens is 519 g/mol. The van der Waals surface area contributed by atoms with Crippen molar-refractivity contribution in [3.8, 4) is 0 Å². The van der Waals surface area contributed by atoms with Crippen molar-refractivity contribution in [1.29, 1.82) is 0 Å². The molecule has 3 rings (SSSR count). The highest BCUT2D eigenvalue weighted by Crippen LogP contribution is 2.32. The van der Waals surface area contributed by atoms with Gasteiger partial charge in [0.2, 0.25) is 10.0 Å². The number of benzene rings is 2. The summed E-state index contributed by atoms with van der Waals surface area (Å²) in [6.07, 6.45) is 1.45. The molecule has 1 amide bonds. The monoisotopic (exact) mass is 562 g/mol. The second kappa shape index (κ2) is 13.6. The van der Waals surface area contributed by atoms with Gasteiger partial charge in [0, 0.05) is 25.3 Å². The van der Waals surface area contributed by atoms with Crippen molar-refractivity contribution in [2.24, 2.45) is 5.41 Å². The van der Waals surface area contributed by atoms with Crippen LogP contribution in [-0.2, 0) is 16.4 Å². The zero-order valence-electron chi connectivity index (χ0n) is 23.5. The number of nitrogens with zero attached hydrogens (tertiary/aromatic N) is 1. The van der Waals surface area contributed by atoms with E-state index in [0.29, 0.717) is 38.0 Å². The van der Waals surface area contributed by atoms with Crippen molar-refractivity contribution in [2.45, 2.75) is 65.5 Å². The number of carbonyl (C=O) groups excluding carboxylic acids is 1. The Labute approximate surface area is 232 Å². The summed E-state index contributed by atoms with van der Waals surface area (Å²) < 4.78 is 42.4. The van der Waals surface area contributed by atoms with E-state index in [-0.39, 0.29) is 35.5 Å². The average Bonchev–Trinajstić information content (AvgIpc) is 2.87. The molecular formula is C29H43FN4O4S. The summed E-state index contributed by atoms with van der Waals surface area (Å²) in [7, 11) is -3.69. The topological polar surface area (TPSA) is 111 Å². The Hall–Kier alpha value is -2.69. The van der Waals surface area contributed by atoms with Crippen LogP contribution in [0.15, 0.2) is 42.5 Å². The van der Waals surface area contributed by atoms with Gasteiger partial charge in [-0.15, -0.1) is 0 Å². The van der Waals surface area contributed by atoms with Crippen LogP contribution in [0.5, 0.6) is 0 Å². The fourth-order valence-corrected chi connectivity index (χ4v) is 6.20. The quantitative estimate of drug-likeness (QED) is 0.292. The Balaban J connectivity index is 1.87. The highest BCUT2D eigenvalue weighted by molar-refractivity contribution is 7.92. The Morgan fingerprint density at radius 1 is 1.15 bits per heavy atom. The van der Waals surface area contributed by atoms with Crippen LogP contribution < -0.4 is 20.3 Å². The Bertz CT molecular complexity index is 1200. The van der Waals surface area contributed by atoms with Gasteiger partial charge in [0.05, 0.1) is 29.1 Å². The van der Waals surface area contributed by atoms with Crippen LogP contribution in [-0.4, -0.2) is 63.5 Å². The van der Waals surface area contributed by atoms with Crippen LogP contribution in [0, 0.1) is 11.2 Å². The molecule has 1 fully saturated rings. The number of nitrogens with one attached hydrogen (secondary N) is 3. The smallest absolute Gasteiger partial charge is 0.254 e. The fraction of sp³-hybridized carbons (Fsp3) is 0.552. The van der Waals surface area contributed by atoms with E-state index in [1.165, 1.54) is 12.1 Å². The maximum Gasteiger partial charge on any atom is 0.254 e. The minimum absolute atomic E-state index is 0.0625. The summed E-state index contributed by atoms with van der Waals surface area (Å²) in [5.41, 5.74) is 1.10. The van der Waals surface area contributed by atoms with Gasteiger partial charge >= 0.3 is 0 Å². The molecule has 0 unspecified atom stereocenters. The molecule has 0 saturated carbocycles. The lowest BCUT2D eigenvalue weighted by molar-refractivity contribution is 0.0826. The van der Waals surface area contributed by atoms with Crippen LogP contribution in [0.3, 0.4) is 0 Å². The molecule has 2 aromatic carbocycles. The molecule has 1 saturated heterocycles. The minimum Gasteiger partial charge on any atom is -0.390 e. The molecule has 0 spiro atoms. The van der Waals surface area contributed by atoms with Gasteiger partial charge in [-0.25, -0.2) is 12.8 Å². The van der Waals surface area contributed by atoms with E-state index < -0.39 is 33.9 Å². The molecule has 10 heteroatoms. The summed E-state index contributed by atoms with van der Waals surface area (Å²) in [5, 5.41) is 20.2. The third-order valence-electron chi connectivity index (χ3n) is 6.78. The lowest BCUT2D eigenvalue weighted by atomic mass is 9.92. The second-order valence-electron chi connectivity index (χ2n) is 11.3. The van der Waals surface area contributed by atoms with Crippen molar-refractivity contribution < 1.29 is 22.7 Å². The molecule has 39 heavy (non-hydrogen) atoms. The lowest BCUT2D eigenvalue weighted by Gasteiger charge is -2.30. The Morgan fingerprint density at radius 2 is 1.87 bits per heavy atom. The third-order valence-corrected chi connectivity index (χ3v) is 8.64. The first-order valence-electron chi connectivity index (χ1n) is 13.7. The molecule has 2 aromatic rings. The van der Waals surface area contributed by atoms with Crippen LogP contribution in [0.4, 0.5) is 15.8 Å². The third kappa shape index (κ3) is 8.91. The van der Waals surface area contributed by atoms with Gasteiger partial charge in [0.1, 0.15) is 0 Å². The molecule has 0 aliphatic carbocycles. The second-order valence-corrected chi connectivity index (χ2v) is 13.3. The van der Waals surface area contributed by atoms with E-state index in [1.807, 2.05) is 37.3 Å². The van der Waals surface area contributed by atoms with Crippen LogP contribution in [0.2, 0.25) is 0 Å². The predicted octanol–water partition coefficient (Wildman–Crippen LogP) is 3.92. The van der Waals surface area contributed by atoms with Gasteiger partial charge in [-0.1, -0.05) is 51.1 Å². The average molecular weight is 563 g/mol. The summed E-state index contributed by atoms with van der Waals surface area (Å²) in [6.45, 7) is 9.92. The molecule has 216 valence electrons. The van der Waals surface area contributed by atoms with Gasteiger partial charge in [0.15, 0.2) is 5.82 Å². The Kier molecular flexibility index (Phi) is 10.7. The van der Waals surface area contributed by atoms with Gasteiger partial charge in [-0.05, 0) is 62.3 Å². The summed E-state index contributed by atoms with van der Waals surface area (Å²) in [5.74, 6) is -1.67. The Morgan fingerprint density at radius 3 is 2.51 bits per heavy atom. The van der Waals surface area contributed by atoms with E-state index in [2.05, 4.69) is 36.7 Å². The number of sulfonamides is 1. The number of amides is 1. The van der Waals surface area contributed by atoms with Gasteiger partial charge in [0.25, 0.3) is 5.91 Å². The minimum atomic E-state index is -3.69. The van der Waals surface area contributed by atoms with Crippen molar-refractivity contribution in [3.63, 3.8) is 0 Å². The zero-order chi connectivity index (χ0) is 28.6. The predicted molar refractivity (Wildman–Crippen MR) is 155 cm³/mol. The summed E-state index contributed by atoms with van der Waals surface area (Å²) >= 11 is 0. The SMILES string of the molecule is CCNc1cc(C(=O)N[C@@H](Cc2ccccc2)[C@H](O)CNCCC(C)(C)C)c(F)c(N2CCCCS2(=O)=O)c1. The highest BCUT2D eigenvalue weighted by atomic mass is 32.2.